The van der Waals surface area contributed by atoms with E-state index in [9.17, 15) is 5.11 Å². The lowest BCUT2D eigenvalue weighted by molar-refractivity contribution is 0.137. The van der Waals surface area contributed by atoms with Gasteiger partial charge >= 0.3 is 0 Å². The number of aliphatic hydroxyl groups excluding tert-OH is 1. The molecule has 0 saturated heterocycles. The van der Waals surface area contributed by atoms with Gasteiger partial charge in [0.2, 0.25) is 0 Å². The average Bonchev–Trinajstić information content (AvgIpc) is 2.56. The molecular weight excluding hydrogens is 152 g/mol. The molecule has 68 valence electrons. The van der Waals surface area contributed by atoms with Gasteiger partial charge in [-0.05, 0) is 18.6 Å². The van der Waals surface area contributed by atoms with Crippen LogP contribution in [0.1, 0.15) is 44.5 Å². The van der Waals surface area contributed by atoms with Gasteiger partial charge < -0.3 is 9.52 Å². The Morgan fingerprint density at radius 2 is 2.33 bits per heavy atom. The lowest BCUT2D eigenvalue weighted by atomic mass is 10.1. The van der Waals surface area contributed by atoms with Crippen molar-refractivity contribution in [2.75, 3.05) is 0 Å². The van der Waals surface area contributed by atoms with E-state index in [-0.39, 0.29) is 0 Å². The molecule has 0 amide bonds. The van der Waals surface area contributed by atoms with Gasteiger partial charge in [-0.15, -0.1) is 0 Å². The highest BCUT2D eigenvalue weighted by atomic mass is 16.4. The molecule has 1 atom stereocenters. The number of aliphatic hydroxyl groups is 1. The van der Waals surface area contributed by atoms with Gasteiger partial charge in [-0.3, -0.25) is 0 Å². The standard InChI is InChI=1S/C10H16O2/c1-2-3-4-6-9(11)10-7-5-8-12-10/h5,7-9,11H,2-4,6H2,1H3/t9-/m1/s1. The van der Waals surface area contributed by atoms with E-state index in [1.54, 1.807) is 12.3 Å². The van der Waals surface area contributed by atoms with E-state index in [4.69, 9.17) is 4.42 Å². The fourth-order valence-electron chi connectivity index (χ4n) is 1.21. The van der Waals surface area contributed by atoms with Crippen LogP contribution < -0.4 is 0 Å². The first-order valence-electron chi connectivity index (χ1n) is 4.56. The van der Waals surface area contributed by atoms with Crippen LogP contribution >= 0.6 is 0 Å². The fraction of sp³-hybridized carbons (Fsp3) is 0.600. The summed E-state index contributed by atoms with van der Waals surface area (Å²) in [4.78, 5) is 0. The van der Waals surface area contributed by atoms with Crippen LogP contribution in [0.5, 0.6) is 0 Å². The predicted molar refractivity (Wildman–Crippen MR) is 47.8 cm³/mol. The molecule has 0 spiro atoms. The fourth-order valence-corrected chi connectivity index (χ4v) is 1.21. The van der Waals surface area contributed by atoms with E-state index >= 15 is 0 Å². The van der Waals surface area contributed by atoms with Crippen LogP contribution in [0.25, 0.3) is 0 Å². The predicted octanol–water partition coefficient (Wildman–Crippen LogP) is 2.89. The number of hydrogen-bond acceptors (Lipinski definition) is 2. The van der Waals surface area contributed by atoms with Gasteiger partial charge in [0.15, 0.2) is 0 Å². The molecule has 0 saturated carbocycles. The largest absolute Gasteiger partial charge is 0.467 e. The average molecular weight is 168 g/mol. The van der Waals surface area contributed by atoms with Gasteiger partial charge in [-0.2, -0.15) is 0 Å². The van der Waals surface area contributed by atoms with Crippen LogP contribution in [0.3, 0.4) is 0 Å². The molecule has 0 bridgehead atoms. The van der Waals surface area contributed by atoms with Gasteiger partial charge in [0.25, 0.3) is 0 Å². The first-order valence-corrected chi connectivity index (χ1v) is 4.56. The van der Waals surface area contributed by atoms with Crippen molar-refractivity contribution in [2.24, 2.45) is 0 Å². The van der Waals surface area contributed by atoms with Crippen LogP contribution in [0, 0.1) is 0 Å². The third-order valence-electron chi connectivity index (χ3n) is 1.95. The minimum Gasteiger partial charge on any atom is -0.467 e. The number of rotatable bonds is 5. The molecule has 2 nitrogen and oxygen atoms in total. The van der Waals surface area contributed by atoms with Gasteiger partial charge in [0, 0.05) is 0 Å². The minimum absolute atomic E-state index is 0.411. The van der Waals surface area contributed by atoms with E-state index in [0.717, 1.165) is 12.8 Å². The number of hydrogen-bond donors (Lipinski definition) is 1. The van der Waals surface area contributed by atoms with Crippen molar-refractivity contribution in [1.29, 1.82) is 0 Å². The topological polar surface area (TPSA) is 33.4 Å². The molecule has 0 unspecified atom stereocenters. The molecule has 1 heterocycles. The number of unbranched alkanes of at least 4 members (excludes halogenated alkanes) is 2. The molecule has 0 aliphatic heterocycles. The Morgan fingerprint density at radius 1 is 1.50 bits per heavy atom. The maximum atomic E-state index is 9.54. The molecule has 2 heteroatoms. The Balaban J connectivity index is 2.25. The van der Waals surface area contributed by atoms with Gasteiger partial charge in [-0.1, -0.05) is 26.2 Å². The third-order valence-corrected chi connectivity index (χ3v) is 1.95. The van der Waals surface area contributed by atoms with E-state index in [1.165, 1.54) is 12.8 Å². The Hall–Kier alpha value is -0.760. The summed E-state index contributed by atoms with van der Waals surface area (Å²) >= 11 is 0. The van der Waals surface area contributed by atoms with Crippen LogP contribution in [0.15, 0.2) is 22.8 Å². The maximum Gasteiger partial charge on any atom is 0.132 e. The third kappa shape index (κ3) is 2.70. The Kier molecular flexibility index (Phi) is 3.88. The summed E-state index contributed by atoms with van der Waals surface area (Å²) in [5.41, 5.74) is 0. The smallest absolute Gasteiger partial charge is 0.132 e. The molecule has 1 N–H and O–H groups in total. The molecule has 1 aromatic rings. The van der Waals surface area contributed by atoms with Crippen molar-refractivity contribution in [3.63, 3.8) is 0 Å². The summed E-state index contributed by atoms with van der Waals surface area (Å²) < 4.78 is 5.08. The van der Waals surface area contributed by atoms with Crippen LogP contribution in [0.4, 0.5) is 0 Å². The van der Waals surface area contributed by atoms with E-state index in [1.807, 2.05) is 6.07 Å². The normalized spacial score (nSPS) is 13.2. The molecule has 1 rings (SSSR count). The summed E-state index contributed by atoms with van der Waals surface area (Å²) in [6.45, 7) is 2.15. The highest BCUT2D eigenvalue weighted by molar-refractivity contribution is 5.01. The molecule has 0 fully saturated rings. The highest BCUT2D eigenvalue weighted by Gasteiger charge is 2.08. The summed E-state index contributed by atoms with van der Waals surface area (Å²) in [6.07, 6.45) is 5.42. The SMILES string of the molecule is CCCCC[C@@H](O)c1ccco1. The molecule has 0 aliphatic rings. The van der Waals surface area contributed by atoms with E-state index in [0.29, 0.717) is 5.76 Å². The Morgan fingerprint density at radius 3 is 2.92 bits per heavy atom. The lowest BCUT2D eigenvalue weighted by Crippen LogP contribution is -1.94. The zero-order chi connectivity index (χ0) is 8.81. The zero-order valence-corrected chi connectivity index (χ0v) is 7.49. The molecule has 0 aromatic carbocycles. The van der Waals surface area contributed by atoms with Crippen molar-refractivity contribution < 1.29 is 9.52 Å². The summed E-state index contributed by atoms with van der Waals surface area (Å²) in [6, 6.07) is 3.62. The van der Waals surface area contributed by atoms with Crippen molar-refractivity contribution in [2.45, 2.75) is 38.7 Å². The first kappa shape index (κ1) is 9.33. The van der Waals surface area contributed by atoms with E-state index < -0.39 is 6.10 Å². The summed E-state index contributed by atoms with van der Waals surface area (Å²) in [5, 5.41) is 9.54. The summed E-state index contributed by atoms with van der Waals surface area (Å²) in [5.74, 6) is 0.686. The van der Waals surface area contributed by atoms with Gasteiger partial charge in [0.1, 0.15) is 11.9 Å². The van der Waals surface area contributed by atoms with Gasteiger partial charge in [-0.25, -0.2) is 0 Å². The molecule has 0 radical (unpaired) electrons. The van der Waals surface area contributed by atoms with Crippen molar-refractivity contribution in [3.05, 3.63) is 24.2 Å². The Bertz CT molecular complexity index is 192. The first-order chi connectivity index (χ1) is 5.84. The van der Waals surface area contributed by atoms with E-state index in [2.05, 4.69) is 6.92 Å². The summed E-state index contributed by atoms with van der Waals surface area (Å²) in [7, 11) is 0. The second kappa shape index (κ2) is 4.99. The molecule has 12 heavy (non-hydrogen) atoms. The lowest BCUT2D eigenvalue weighted by Gasteiger charge is -2.05. The molecule has 0 aliphatic carbocycles. The van der Waals surface area contributed by atoms with Gasteiger partial charge in [0.05, 0.1) is 6.26 Å². The number of furan rings is 1. The van der Waals surface area contributed by atoms with Crippen LogP contribution in [0.2, 0.25) is 0 Å². The zero-order valence-electron chi connectivity index (χ0n) is 7.49. The minimum atomic E-state index is -0.411. The Labute approximate surface area is 73.2 Å². The second-order valence-electron chi connectivity index (χ2n) is 3.03. The van der Waals surface area contributed by atoms with Crippen molar-refractivity contribution in [1.82, 2.24) is 0 Å². The maximum absolute atomic E-state index is 9.54. The van der Waals surface area contributed by atoms with Crippen molar-refractivity contribution in [3.8, 4) is 0 Å². The quantitative estimate of drug-likeness (QED) is 0.686. The van der Waals surface area contributed by atoms with Crippen LogP contribution in [-0.4, -0.2) is 5.11 Å². The monoisotopic (exact) mass is 168 g/mol. The molecule has 1 aromatic heterocycles. The van der Waals surface area contributed by atoms with Crippen molar-refractivity contribution >= 4 is 0 Å². The molecular formula is C10H16O2. The van der Waals surface area contributed by atoms with Crippen LogP contribution in [-0.2, 0) is 0 Å². The second-order valence-corrected chi connectivity index (χ2v) is 3.03. The highest BCUT2D eigenvalue weighted by Crippen LogP contribution is 2.19.